The number of hydrogen-bond donors (Lipinski definition) is 2. The first-order valence-electron chi connectivity index (χ1n) is 6.60. The molecule has 21 heavy (non-hydrogen) atoms. The number of nitrogens with two attached hydrogens (primary N) is 1. The van der Waals surface area contributed by atoms with Gasteiger partial charge in [0.2, 0.25) is 0 Å². The Hall–Kier alpha value is -2.69. The van der Waals surface area contributed by atoms with Gasteiger partial charge < -0.3 is 20.4 Å². The Kier molecular flexibility index (Phi) is 5.04. The fourth-order valence-electron chi connectivity index (χ4n) is 1.92. The summed E-state index contributed by atoms with van der Waals surface area (Å²) in [5.74, 6) is 1.42. The minimum absolute atomic E-state index is 0.0256. The van der Waals surface area contributed by atoms with Crippen LogP contribution in [0.25, 0.3) is 0 Å². The van der Waals surface area contributed by atoms with E-state index in [1.807, 2.05) is 49.4 Å². The number of amidine groups is 1. The van der Waals surface area contributed by atoms with E-state index in [0.29, 0.717) is 24.5 Å². The summed E-state index contributed by atoms with van der Waals surface area (Å²) in [6, 6.07) is 15.0. The Morgan fingerprint density at radius 1 is 1.05 bits per heavy atom. The van der Waals surface area contributed by atoms with Gasteiger partial charge in [-0.2, -0.15) is 0 Å². The van der Waals surface area contributed by atoms with E-state index in [1.165, 1.54) is 0 Å². The molecule has 0 saturated heterocycles. The molecule has 0 bridgehead atoms. The highest BCUT2D eigenvalue weighted by molar-refractivity contribution is 5.99. The molecule has 0 fully saturated rings. The lowest BCUT2D eigenvalue weighted by Crippen LogP contribution is -2.17. The molecule has 0 aliphatic rings. The first-order valence-corrected chi connectivity index (χ1v) is 6.60. The second-order valence-corrected chi connectivity index (χ2v) is 4.45. The smallest absolute Gasteiger partial charge is 0.173 e. The van der Waals surface area contributed by atoms with Crippen molar-refractivity contribution < 1.29 is 14.7 Å². The number of para-hydroxylation sites is 2. The van der Waals surface area contributed by atoms with Crippen molar-refractivity contribution in [3.05, 3.63) is 59.7 Å². The van der Waals surface area contributed by atoms with E-state index >= 15 is 0 Å². The Balaban J connectivity index is 1.97. The minimum atomic E-state index is 0.0256. The fourth-order valence-corrected chi connectivity index (χ4v) is 1.92. The summed E-state index contributed by atoms with van der Waals surface area (Å²) < 4.78 is 11.3. The zero-order chi connectivity index (χ0) is 15.1. The van der Waals surface area contributed by atoms with Crippen LogP contribution in [0.2, 0.25) is 0 Å². The van der Waals surface area contributed by atoms with E-state index in [4.69, 9.17) is 20.4 Å². The van der Waals surface area contributed by atoms with Crippen LogP contribution in [0.5, 0.6) is 11.5 Å². The number of nitrogens with zero attached hydrogens (tertiary/aromatic N) is 1. The quantitative estimate of drug-likeness (QED) is 0.281. The van der Waals surface area contributed by atoms with Crippen LogP contribution in [0.4, 0.5) is 0 Å². The predicted molar refractivity (Wildman–Crippen MR) is 81.1 cm³/mol. The van der Waals surface area contributed by atoms with Gasteiger partial charge in [-0.25, -0.2) is 0 Å². The van der Waals surface area contributed by atoms with Gasteiger partial charge in [-0.05, 0) is 30.7 Å². The van der Waals surface area contributed by atoms with Gasteiger partial charge in [0.15, 0.2) is 5.84 Å². The molecule has 5 heteroatoms. The summed E-state index contributed by atoms with van der Waals surface area (Å²) in [5.41, 5.74) is 7.13. The van der Waals surface area contributed by atoms with Crippen LogP contribution < -0.4 is 15.2 Å². The van der Waals surface area contributed by atoms with Gasteiger partial charge in [-0.1, -0.05) is 35.5 Å². The number of ether oxygens (including phenoxy) is 2. The topological polar surface area (TPSA) is 77.1 Å². The molecule has 2 aromatic carbocycles. The van der Waals surface area contributed by atoms with Crippen LogP contribution in [0, 0.1) is 6.92 Å². The van der Waals surface area contributed by atoms with Gasteiger partial charge in [0.05, 0.1) is 5.56 Å². The maximum Gasteiger partial charge on any atom is 0.173 e. The molecule has 3 N–H and O–H groups in total. The highest BCUT2D eigenvalue weighted by atomic mass is 16.5. The van der Waals surface area contributed by atoms with Gasteiger partial charge in [0, 0.05) is 0 Å². The monoisotopic (exact) mass is 286 g/mol. The maximum absolute atomic E-state index is 8.81. The molecule has 110 valence electrons. The third kappa shape index (κ3) is 3.89. The number of oxime groups is 1. The van der Waals surface area contributed by atoms with Gasteiger partial charge in [-0.3, -0.25) is 0 Å². The average molecular weight is 286 g/mol. The molecule has 0 aliphatic carbocycles. The van der Waals surface area contributed by atoms with Crippen LogP contribution in [0.15, 0.2) is 53.7 Å². The van der Waals surface area contributed by atoms with Crippen LogP contribution in [-0.4, -0.2) is 24.3 Å². The molecule has 0 unspecified atom stereocenters. The van der Waals surface area contributed by atoms with Crippen molar-refractivity contribution in [2.75, 3.05) is 13.2 Å². The Morgan fingerprint density at radius 3 is 2.48 bits per heavy atom. The van der Waals surface area contributed by atoms with Crippen molar-refractivity contribution in [1.29, 1.82) is 0 Å². The second-order valence-electron chi connectivity index (χ2n) is 4.45. The normalized spacial score (nSPS) is 11.2. The molecule has 0 aliphatic heterocycles. The molecule has 0 saturated carbocycles. The highest BCUT2D eigenvalue weighted by Gasteiger charge is 2.10. The van der Waals surface area contributed by atoms with Gasteiger partial charge in [0.1, 0.15) is 24.7 Å². The molecule has 0 spiro atoms. The summed E-state index contributed by atoms with van der Waals surface area (Å²) in [6.45, 7) is 2.68. The van der Waals surface area contributed by atoms with E-state index < -0.39 is 0 Å². The lowest BCUT2D eigenvalue weighted by Gasteiger charge is -2.13. The van der Waals surface area contributed by atoms with Crippen molar-refractivity contribution in [3.63, 3.8) is 0 Å². The zero-order valence-corrected chi connectivity index (χ0v) is 11.8. The molecule has 0 amide bonds. The van der Waals surface area contributed by atoms with Gasteiger partial charge in [-0.15, -0.1) is 0 Å². The van der Waals surface area contributed by atoms with Crippen LogP contribution in [-0.2, 0) is 0 Å². The van der Waals surface area contributed by atoms with E-state index in [1.54, 1.807) is 6.07 Å². The zero-order valence-electron chi connectivity index (χ0n) is 11.8. The first kappa shape index (κ1) is 14.7. The fraction of sp³-hybridized carbons (Fsp3) is 0.188. The molecular formula is C16H18N2O3. The van der Waals surface area contributed by atoms with Crippen LogP contribution >= 0.6 is 0 Å². The largest absolute Gasteiger partial charge is 0.490 e. The first-order chi connectivity index (χ1) is 10.2. The van der Waals surface area contributed by atoms with Crippen molar-refractivity contribution >= 4 is 5.84 Å². The Labute approximate surface area is 123 Å². The van der Waals surface area contributed by atoms with Crippen molar-refractivity contribution in [1.82, 2.24) is 0 Å². The number of hydrogen-bond acceptors (Lipinski definition) is 4. The van der Waals surface area contributed by atoms with Gasteiger partial charge in [0.25, 0.3) is 0 Å². The van der Waals surface area contributed by atoms with Crippen molar-refractivity contribution in [2.24, 2.45) is 10.9 Å². The Morgan fingerprint density at radius 2 is 1.76 bits per heavy atom. The standard InChI is InChI=1S/C16H18N2O3/c1-12-6-5-9-14(16(17)18-19)15(12)21-11-10-20-13-7-3-2-4-8-13/h2-9,19H,10-11H2,1H3,(H2,17,18). The lowest BCUT2D eigenvalue weighted by atomic mass is 10.1. The molecule has 2 aromatic rings. The molecule has 0 radical (unpaired) electrons. The second kappa shape index (κ2) is 7.19. The molecule has 2 rings (SSSR count). The van der Waals surface area contributed by atoms with Crippen LogP contribution in [0.3, 0.4) is 0 Å². The summed E-state index contributed by atoms with van der Waals surface area (Å²) in [7, 11) is 0. The van der Waals surface area contributed by atoms with Crippen molar-refractivity contribution in [2.45, 2.75) is 6.92 Å². The molecule has 0 aromatic heterocycles. The van der Waals surface area contributed by atoms with Crippen LogP contribution in [0.1, 0.15) is 11.1 Å². The number of rotatable bonds is 6. The maximum atomic E-state index is 8.81. The highest BCUT2D eigenvalue weighted by Crippen LogP contribution is 2.23. The Bertz CT molecular complexity index is 612. The summed E-state index contributed by atoms with van der Waals surface area (Å²) in [6.07, 6.45) is 0. The van der Waals surface area contributed by atoms with E-state index in [-0.39, 0.29) is 5.84 Å². The predicted octanol–water partition coefficient (Wildman–Crippen LogP) is 2.55. The third-order valence-corrected chi connectivity index (χ3v) is 2.94. The molecule has 5 nitrogen and oxygen atoms in total. The van der Waals surface area contributed by atoms with Gasteiger partial charge >= 0.3 is 0 Å². The van der Waals surface area contributed by atoms with Crippen molar-refractivity contribution in [3.8, 4) is 11.5 Å². The lowest BCUT2D eigenvalue weighted by molar-refractivity contribution is 0.216. The van der Waals surface area contributed by atoms with E-state index in [0.717, 1.165) is 11.3 Å². The minimum Gasteiger partial charge on any atom is -0.490 e. The summed E-state index contributed by atoms with van der Waals surface area (Å²) >= 11 is 0. The average Bonchev–Trinajstić information content (AvgIpc) is 2.53. The van der Waals surface area contributed by atoms with E-state index in [9.17, 15) is 0 Å². The third-order valence-electron chi connectivity index (χ3n) is 2.94. The molecule has 0 heterocycles. The summed E-state index contributed by atoms with van der Waals surface area (Å²) in [4.78, 5) is 0. The summed E-state index contributed by atoms with van der Waals surface area (Å²) in [5, 5.41) is 11.8. The SMILES string of the molecule is Cc1cccc(/C(N)=N/O)c1OCCOc1ccccc1. The molecular weight excluding hydrogens is 268 g/mol. The number of benzene rings is 2. The van der Waals surface area contributed by atoms with E-state index in [2.05, 4.69) is 5.16 Å². The molecule has 0 atom stereocenters. The number of aryl methyl sites for hydroxylation is 1.